The Morgan fingerprint density at radius 3 is 2.21 bits per heavy atom. The first-order valence-corrected chi connectivity index (χ1v) is 10.3. The Hall–Kier alpha value is -3.27. The Morgan fingerprint density at radius 2 is 1.62 bits per heavy atom. The van der Waals surface area contributed by atoms with Crippen LogP contribution in [0.4, 0.5) is 0 Å². The minimum absolute atomic E-state index is 0.00810. The van der Waals surface area contributed by atoms with Crippen molar-refractivity contribution in [3.05, 3.63) is 88.3 Å². The zero-order valence-corrected chi connectivity index (χ0v) is 16.9. The molecule has 0 saturated heterocycles. The van der Waals surface area contributed by atoms with E-state index in [1.807, 2.05) is 18.2 Å². The highest BCUT2D eigenvalue weighted by atomic mass is 35.5. The van der Waals surface area contributed by atoms with E-state index in [9.17, 15) is 13.7 Å². The number of sulfone groups is 1. The minimum Gasteiger partial charge on any atom is -0.497 e. The number of methoxy groups -OCH3 is 1. The fourth-order valence-corrected chi connectivity index (χ4v) is 3.88. The summed E-state index contributed by atoms with van der Waals surface area (Å²) >= 11 is 6.29. The van der Waals surface area contributed by atoms with E-state index in [2.05, 4.69) is 0 Å². The first-order chi connectivity index (χ1) is 13.9. The van der Waals surface area contributed by atoms with E-state index < -0.39 is 14.7 Å². The molecule has 0 aromatic heterocycles. The van der Waals surface area contributed by atoms with Gasteiger partial charge >= 0.3 is 0 Å². The third-order valence-corrected chi connectivity index (χ3v) is 6.02. The van der Waals surface area contributed by atoms with Crippen LogP contribution in [0, 0.1) is 11.3 Å². The number of benzene rings is 3. The molecular formula is C22H16ClNO4S. The molecule has 0 heterocycles. The maximum Gasteiger partial charge on any atom is 0.216 e. The topological polar surface area (TPSA) is 76.4 Å². The number of nitriles is 1. The molecule has 5 nitrogen and oxygen atoms in total. The number of halogens is 1. The number of para-hydroxylation sites is 1. The fourth-order valence-electron chi connectivity index (χ4n) is 2.51. The van der Waals surface area contributed by atoms with Gasteiger partial charge in [-0.1, -0.05) is 29.8 Å². The van der Waals surface area contributed by atoms with Crippen molar-refractivity contribution in [3.8, 4) is 23.3 Å². The highest BCUT2D eigenvalue weighted by Gasteiger charge is 2.21. The molecule has 0 fully saturated rings. The van der Waals surface area contributed by atoms with Crippen molar-refractivity contribution in [1.82, 2.24) is 0 Å². The van der Waals surface area contributed by atoms with Crippen molar-refractivity contribution in [2.75, 3.05) is 7.11 Å². The molecule has 3 aromatic carbocycles. The first kappa shape index (κ1) is 20.5. The molecule has 0 saturated carbocycles. The van der Waals surface area contributed by atoms with Crippen molar-refractivity contribution < 1.29 is 17.9 Å². The molecule has 0 bridgehead atoms. The van der Waals surface area contributed by atoms with E-state index >= 15 is 0 Å². The normalized spacial score (nSPS) is 11.6. The van der Waals surface area contributed by atoms with Crippen LogP contribution in [0.1, 0.15) is 5.56 Å². The molecule has 0 unspecified atom stereocenters. The number of rotatable bonds is 6. The Morgan fingerprint density at radius 1 is 0.966 bits per heavy atom. The van der Waals surface area contributed by atoms with Gasteiger partial charge in [-0.15, -0.1) is 0 Å². The van der Waals surface area contributed by atoms with Gasteiger partial charge in [0.1, 0.15) is 28.2 Å². The first-order valence-electron chi connectivity index (χ1n) is 8.47. The lowest BCUT2D eigenvalue weighted by Crippen LogP contribution is -2.03. The highest BCUT2D eigenvalue weighted by molar-refractivity contribution is 7.95. The summed E-state index contributed by atoms with van der Waals surface area (Å²) < 4.78 is 36.3. The van der Waals surface area contributed by atoms with E-state index in [0.29, 0.717) is 22.8 Å². The van der Waals surface area contributed by atoms with E-state index in [1.165, 1.54) is 37.5 Å². The lowest BCUT2D eigenvalue weighted by molar-refractivity contribution is 0.414. The van der Waals surface area contributed by atoms with Crippen LogP contribution in [0.5, 0.6) is 17.2 Å². The van der Waals surface area contributed by atoms with Crippen LogP contribution in [0.15, 0.2) is 82.6 Å². The molecule has 0 amide bonds. The number of nitrogens with zero attached hydrogens (tertiary/aromatic N) is 1. The van der Waals surface area contributed by atoms with Crippen molar-refractivity contribution >= 4 is 27.5 Å². The lowest BCUT2D eigenvalue weighted by Gasteiger charge is -2.08. The van der Waals surface area contributed by atoms with Crippen LogP contribution < -0.4 is 9.47 Å². The van der Waals surface area contributed by atoms with Gasteiger partial charge in [-0.3, -0.25) is 0 Å². The van der Waals surface area contributed by atoms with Crippen LogP contribution in [0.2, 0.25) is 5.02 Å². The average Bonchev–Trinajstić information content (AvgIpc) is 2.74. The molecule has 146 valence electrons. The van der Waals surface area contributed by atoms with Crippen molar-refractivity contribution in [1.29, 1.82) is 5.26 Å². The molecule has 0 radical (unpaired) electrons. The smallest absolute Gasteiger partial charge is 0.216 e. The standard InChI is InChI=1S/C22H16ClNO4S/c1-27-17-9-11-20(12-10-17)29(25,26)21(15-24)13-16-7-8-19(14-22(16)23)28-18-5-3-2-4-6-18/h2-14H,1H3/b21-13+. The highest BCUT2D eigenvalue weighted by Crippen LogP contribution is 2.30. The van der Waals surface area contributed by atoms with Crippen LogP contribution >= 0.6 is 11.6 Å². The second-order valence-electron chi connectivity index (χ2n) is 5.90. The molecule has 29 heavy (non-hydrogen) atoms. The summed E-state index contributed by atoms with van der Waals surface area (Å²) in [4.78, 5) is -0.424. The van der Waals surface area contributed by atoms with E-state index in [-0.39, 0.29) is 9.92 Å². The van der Waals surface area contributed by atoms with Gasteiger partial charge in [0.25, 0.3) is 0 Å². The van der Waals surface area contributed by atoms with E-state index in [1.54, 1.807) is 36.4 Å². The Labute approximate surface area is 174 Å². The molecule has 3 rings (SSSR count). The number of ether oxygens (including phenoxy) is 2. The Bertz CT molecular complexity index is 1180. The van der Waals surface area contributed by atoms with E-state index in [4.69, 9.17) is 21.1 Å². The molecule has 0 atom stereocenters. The molecule has 0 spiro atoms. The summed E-state index contributed by atoms with van der Waals surface area (Å²) in [6.45, 7) is 0. The zero-order chi connectivity index (χ0) is 20.9. The van der Waals surface area contributed by atoms with E-state index in [0.717, 1.165) is 0 Å². The summed E-state index contributed by atoms with van der Waals surface area (Å²) in [6.07, 6.45) is 1.24. The maximum atomic E-state index is 12.8. The predicted molar refractivity (Wildman–Crippen MR) is 112 cm³/mol. The maximum absolute atomic E-state index is 12.8. The molecule has 7 heteroatoms. The number of hydrogen-bond donors (Lipinski definition) is 0. The van der Waals surface area contributed by atoms with Crippen LogP contribution in [0.25, 0.3) is 6.08 Å². The third kappa shape index (κ3) is 4.77. The fraction of sp³-hybridized carbons (Fsp3) is 0.0455. The van der Waals surface area contributed by atoms with Gasteiger partial charge in [-0.25, -0.2) is 8.42 Å². The monoisotopic (exact) mass is 425 g/mol. The van der Waals surface area contributed by atoms with Crippen molar-refractivity contribution in [2.24, 2.45) is 0 Å². The summed E-state index contributed by atoms with van der Waals surface area (Å²) in [6, 6.07) is 21.5. The third-order valence-electron chi connectivity index (χ3n) is 4.01. The van der Waals surface area contributed by atoms with Crippen molar-refractivity contribution in [2.45, 2.75) is 4.90 Å². The summed E-state index contributed by atoms with van der Waals surface area (Å²) in [5, 5.41) is 9.70. The van der Waals surface area contributed by atoms with Gasteiger partial charge in [0, 0.05) is 0 Å². The summed E-state index contributed by atoms with van der Waals surface area (Å²) in [7, 11) is -2.51. The summed E-state index contributed by atoms with van der Waals surface area (Å²) in [5.41, 5.74) is 0.390. The molecular weight excluding hydrogens is 410 g/mol. The molecule has 3 aromatic rings. The largest absolute Gasteiger partial charge is 0.497 e. The SMILES string of the molecule is COc1ccc(S(=O)(=O)/C(C#N)=C/c2ccc(Oc3ccccc3)cc2Cl)cc1. The molecule has 0 aliphatic carbocycles. The van der Waals surface area contributed by atoms with Crippen LogP contribution in [0.3, 0.4) is 0 Å². The predicted octanol–water partition coefficient (Wildman–Crippen LogP) is 5.48. The number of allylic oxidation sites excluding steroid dienone is 1. The van der Waals surface area contributed by atoms with Crippen LogP contribution in [-0.2, 0) is 9.84 Å². The Kier molecular flexibility index (Phi) is 6.23. The number of hydrogen-bond acceptors (Lipinski definition) is 5. The molecule has 0 N–H and O–H groups in total. The second-order valence-corrected chi connectivity index (χ2v) is 8.22. The molecule has 0 aliphatic rings. The van der Waals surface area contributed by atoms with Crippen LogP contribution in [-0.4, -0.2) is 15.5 Å². The van der Waals surface area contributed by atoms with Gasteiger partial charge in [0.15, 0.2) is 0 Å². The molecule has 0 aliphatic heterocycles. The second kappa shape index (κ2) is 8.82. The average molecular weight is 426 g/mol. The summed E-state index contributed by atoms with van der Waals surface area (Å²) in [5.74, 6) is 1.66. The van der Waals surface area contributed by atoms with Gasteiger partial charge in [-0.05, 0) is 66.2 Å². The quantitative estimate of drug-likeness (QED) is 0.489. The van der Waals surface area contributed by atoms with Crippen molar-refractivity contribution in [3.63, 3.8) is 0 Å². The minimum atomic E-state index is -4.00. The lowest BCUT2D eigenvalue weighted by atomic mass is 10.2. The zero-order valence-electron chi connectivity index (χ0n) is 15.4. The van der Waals surface area contributed by atoms with Gasteiger partial charge in [0.2, 0.25) is 9.84 Å². The van der Waals surface area contributed by atoms with Gasteiger partial charge < -0.3 is 9.47 Å². The van der Waals surface area contributed by atoms with Gasteiger partial charge in [0.05, 0.1) is 17.0 Å². The Balaban J connectivity index is 1.91. The van der Waals surface area contributed by atoms with Gasteiger partial charge in [-0.2, -0.15) is 5.26 Å².